The zero-order valence-electron chi connectivity index (χ0n) is 13.8. The molecule has 0 unspecified atom stereocenters. The number of hydrogen-bond acceptors (Lipinski definition) is 4. The molecule has 3 nitrogen and oxygen atoms in total. The minimum atomic E-state index is 0.813. The second-order valence-corrected chi connectivity index (χ2v) is 7.56. The minimum Gasteiger partial charge on any atom is -0.381 e. The molecule has 120 valence electrons. The second kappa shape index (κ2) is 8.89. The van der Waals surface area contributed by atoms with Gasteiger partial charge in [-0.25, -0.2) is 0 Å². The fourth-order valence-corrected chi connectivity index (χ4v) is 3.97. The lowest BCUT2D eigenvalue weighted by molar-refractivity contribution is 0.0549. The summed E-state index contributed by atoms with van der Waals surface area (Å²) in [6.45, 7) is 10.8. The molecule has 1 aliphatic heterocycles. The molecule has 0 atom stereocenters. The van der Waals surface area contributed by atoms with Crippen LogP contribution in [0.25, 0.3) is 0 Å². The van der Waals surface area contributed by atoms with Crippen molar-refractivity contribution < 1.29 is 4.74 Å². The van der Waals surface area contributed by atoms with Gasteiger partial charge in [-0.05, 0) is 57.3 Å². The molecule has 1 saturated heterocycles. The van der Waals surface area contributed by atoms with Crippen molar-refractivity contribution in [1.82, 2.24) is 10.2 Å². The van der Waals surface area contributed by atoms with E-state index < -0.39 is 0 Å². The molecule has 0 saturated carbocycles. The second-order valence-electron chi connectivity index (χ2n) is 6.22. The molecule has 1 aromatic rings. The van der Waals surface area contributed by atoms with Crippen molar-refractivity contribution in [2.45, 2.75) is 46.2 Å². The highest BCUT2D eigenvalue weighted by Crippen LogP contribution is 2.24. The third-order valence-corrected chi connectivity index (χ3v) is 5.24. The van der Waals surface area contributed by atoms with E-state index in [0.29, 0.717) is 0 Å². The Kier molecular flexibility index (Phi) is 7.17. The molecule has 21 heavy (non-hydrogen) atoms. The van der Waals surface area contributed by atoms with Crippen LogP contribution in [0.3, 0.4) is 0 Å². The Bertz CT molecular complexity index is 413. The molecular weight excluding hydrogens is 280 g/mol. The van der Waals surface area contributed by atoms with Crippen LogP contribution in [0, 0.1) is 12.8 Å². The fourth-order valence-electron chi connectivity index (χ4n) is 2.95. The Morgan fingerprint density at radius 2 is 2.14 bits per heavy atom. The maximum Gasteiger partial charge on any atom is 0.0469 e. The van der Waals surface area contributed by atoms with E-state index in [1.807, 2.05) is 11.3 Å². The SMILES string of the molecule is CCCNCc1cc(CN(C)CC2CCOCC2)c(C)s1. The largest absolute Gasteiger partial charge is 0.381 e. The molecule has 1 N–H and O–H groups in total. The number of aryl methyl sites for hydroxylation is 1. The first kappa shape index (κ1) is 16.9. The van der Waals surface area contributed by atoms with Gasteiger partial charge in [0.15, 0.2) is 0 Å². The minimum absolute atomic E-state index is 0.813. The standard InChI is InChI=1S/C17H30N2OS/c1-4-7-18-11-17-10-16(14(2)21-17)13-19(3)12-15-5-8-20-9-6-15/h10,15,18H,4-9,11-13H2,1-3H3. The predicted molar refractivity (Wildman–Crippen MR) is 90.9 cm³/mol. The highest BCUT2D eigenvalue weighted by atomic mass is 32.1. The summed E-state index contributed by atoms with van der Waals surface area (Å²) < 4.78 is 5.44. The Hall–Kier alpha value is -0.420. The summed E-state index contributed by atoms with van der Waals surface area (Å²) in [5, 5.41) is 3.49. The van der Waals surface area contributed by atoms with Crippen LogP contribution in [0.15, 0.2) is 6.07 Å². The van der Waals surface area contributed by atoms with E-state index in [-0.39, 0.29) is 0 Å². The smallest absolute Gasteiger partial charge is 0.0469 e. The first-order valence-corrected chi connectivity index (χ1v) is 9.06. The van der Waals surface area contributed by atoms with Crippen molar-refractivity contribution in [2.24, 2.45) is 5.92 Å². The number of rotatable bonds is 8. The average molecular weight is 311 g/mol. The first-order chi connectivity index (χ1) is 10.2. The first-order valence-electron chi connectivity index (χ1n) is 8.24. The number of ether oxygens (including phenoxy) is 1. The molecule has 0 radical (unpaired) electrons. The van der Waals surface area contributed by atoms with Crippen molar-refractivity contribution in [3.05, 3.63) is 21.4 Å². The van der Waals surface area contributed by atoms with Gasteiger partial charge in [0, 0.05) is 42.6 Å². The van der Waals surface area contributed by atoms with Crippen LogP contribution in [-0.4, -0.2) is 38.3 Å². The molecule has 1 fully saturated rings. The third kappa shape index (κ3) is 5.70. The Labute approximate surface area is 133 Å². The van der Waals surface area contributed by atoms with Crippen molar-refractivity contribution >= 4 is 11.3 Å². The molecule has 0 spiro atoms. The monoisotopic (exact) mass is 310 g/mol. The topological polar surface area (TPSA) is 24.5 Å². The van der Waals surface area contributed by atoms with Crippen molar-refractivity contribution in [2.75, 3.05) is 33.4 Å². The summed E-state index contributed by atoms with van der Waals surface area (Å²) in [6, 6.07) is 2.39. The Balaban J connectivity index is 1.80. The van der Waals surface area contributed by atoms with E-state index in [9.17, 15) is 0 Å². The van der Waals surface area contributed by atoms with Gasteiger partial charge >= 0.3 is 0 Å². The lowest BCUT2D eigenvalue weighted by atomic mass is 10.00. The molecule has 2 heterocycles. The summed E-state index contributed by atoms with van der Waals surface area (Å²) >= 11 is 1.94. The quantitative estimate of drug-likeness (QED) is 0.745. The van der Waals surface area contributed by atoms with E-state index in [1.165, 1.54) is 41.1 Å². The normalized spacial score (nSPS) is 16.8. The van der Waals surface area contributed by atoms with Crippen LogP contribution in [0.2, 0.25) is 0 Å². The van der Waals surface area contributed by atoms with Crippen LogP contribution in [0.5, 0.6) is 0 Å². The molecule has 1 aromatic heterocycles. The molecule has 0 aliphatic carbocycles. The molecule has 2 rings (SSSR count). The van der Waals surface area contributed by atoms with Gasteiger partial charge in [-0.3, -0.25) is 0 Å². The van der Waals surface area contributed by atoms with E-state index in [2.05, 4.69) is 37.2 Å². The fraction of sp³-hybridized carbons (Fsp3) is 0.765. The molecule has 4 heteroatoms. The summed E-state index contributed by atoms with van der Waals surface area (Å²) in [6.07, 6.45) is 3.64. The maximum absolute atomic E-state index is 5.44. The van der Waals surface area contributed by atoms with Crippen molar-refractivity contribution in [3.63, 3.8) is 0 Å². The van der Waals surface area contributed by atoms with Gasteiger partial charge in [0.1, 0.15) is 0 Å². The van der Waals surface area contributed by atoms with Gasteiger partial charge in [-0.15, -0.1) is 11.3 Å². The van der Waals surface area contributed by atoms with Crippen LogP contribution >= 0.6 is 11.3 Å². The Morgan fingerprint density at radius 3 is 2.86 bits per heavy atom. The van der Waals surface area contributed by atoms with Crippen LogP contribution in [-0.2, 0) is 17.8 Å². The van der Waals surface area contributed by atoms with Crippen molar-refractivity contribution in [3.8, 4) is 0 Å². The lowest BCUT2D eigenvalue weighted by Crippen LogP contribution is -2.29. The van der Waals surface area contributed by atoms with Gasteiger partial charge in [0.05, 0.1) is 0 Å². The molecule has 1 aliphatic rings. The van der Waals surface area contributed by atoms with Crippen LogP contribution < -0.4 is 5.32 Å². The number of nitrogens with zero attached hydrogens (tertiary/aromatic N) is 1. The predicted octanol–water partition coefficient (Wildman–Crippen LogP) is 3.41. The van der Waals surface area contributed by atoms with Gasteiger partial charge < -0.3 is 15.0 Å². The maximum atomic E-state index is 5.44. The van der Waals surface area contributed by atoms with Crippen molar-refractivity contribution in [1.29, 1.82) is 0 Å². The van der Waals surface area contributed by atoms with E-state index in [1.54, 1.807) is 0 Å². The number of thiophene rings is 1. The summed E-state index contributed by atoms with van der Waals surface area (Å²) in [5.74, 6) is 0.813. The third-order valence-electron chi connectivity index (χ3n) is 4.15. The molecule has 0 bridgehead atoms. The number of nitrogens with one attached hydrogen (secondary N) is 1. The van der Waals surface area contributed by atoms with E-state index >= 15 is 0 Å². The molecular formula is C17H30N2OS. The Morgan fingerprint density at radius 1 is 1.38 bits per heavy atom. The van der Waals surface area contributed by atoms with Crippen LogP contribution in [0.4, 0.5) is 0 Å². The van der Waals surface area contributed by atoms with Gasteiger partial charge in [-0.1, -0.05) is 6.92 Å². The molecule has 0 amide bonds. The molecule has 0 aromatic carbocycles. The van der Waals surface area contributed by atoms with Gasteiger partial charge in [-0.2, -0.15) is 0 Å². The van der Waals surface area contributed by atoms with Crippen LogP contribution in [0.1, 0.15) is 41.5 Å². The summed E-state index contributed by atoms with van der Waals surface area (Å²) in [5.41, 5.74) is 1.50. The van der Waals surface area contributed by atoms with E-state index in [0.717, 1.165) is 38.8 Å². The number of hydrogen-bond donors (Lipinski definition) is 1. The lowest BCUT2D eigenvalue weighted by Gasteiger charge is -2.27. The summed E-state index contributed by atoms with van der Waals surface area (Å²) in [7, 11) is 2.25. The summed E-state index contributed by atoms with van der Waals surface area (Å²) in [4.78, 5) is 5.42. The average Bonchev–Trinajstić information content (AvgIpc) is 2.80. The van der Waals surface area contributed by atoms with Gasteiger partial charge in [0.25, 0.3) is 0 Å². The van der Waals surface area contributed by atoms with Gasteiger partial charge in [0.2, 0.25) is 0 Å². The highest BCUT2D eigenvalue weighted by Gasteiger charge is 2.16. The zero-order valence-corrected chi connectivity index (χ0v) is 14.6. The van der Waals surface area contributed by atoms with E-state index in [4.69, 9.17) is 4.74 Å². The highest BCUT2D eigenvalue weighted by molar-refractivity contribution is 7.12. The zero-order chi connectivity index (χ0) is 15.1.